The van der Waals surface area contributed by atoms with Gasteiger partial charge < -0.3 is 10.6 Å². The number of nitrogens with zero attached hydrogens (tertiary/aromatic N) is 1. The normalized spacial score (nSPS) is 12.2. The average Bonchev–Trinajstić information content (AvgIpc) is 2.10. The first-order chi connectivity index (χ1) is 6.49. The summed E-state index contributed by atoms with van der Waals surface area (Å²) in [4.78, 5) is 23.6. The Morgan fingerprint density at radius 1 is 1.50 bits per heavy atom. The predicted molar refractivity (Wildman–Crippen MR) is 56.0 cm³/mol. The predicted octanol–water partition coefficient (Wildman–Crippen LogP) is 0.728. The molecule has 0 aliphatic carbocycles. The SMILES string of the molecule is CCCCN(CC(N)=O)C(=O)C(C)Cl. The molecule has 0 spiro atoms. The van der Waals surface area contributed by atoms with Gasteiger partial charge in [-0.2, -0.15) is 0 Å². The number of nitrogens with two attached hydrogens (primary N) is 1. The fourth-order valence-corrected chi connectivity index (χ4v) is 1.19. The summed E-state index contributed by atoms with van der Waals surface area (Å²) < 4.78 is 0. The number of unbranched alkanes of at least 4 members (excludes halogenated alkanes) is 1. The number of alkyl halides is 1. The van der Waals surface area contributed by atoms with Crippen LogP contribution in [-0.2, 0) is 9.59 Å². The van der Waals surface area contributed by atoms with E-state index in [1.165, 1.54) is 4.90 Å². The maximum absolute atomic E-state index is 11.5. The minimum Gasteiger partial charge on any atom is -0.368 e. The summed E-state index contributed by atoms with van der Waals surface area (Å²) in [6.45, 7) is 4.09. The summed E-state index contributed by atoms with van der Waals surface area (Å²) in [6, 6.07) is 0. The minimum absolute atomic E-state index is 0.0457. The van der Waals surface area contributed by atoms with E-state index in [9.17, 15) is 9.59 Å². The van der Waals surface area contributed by atoms with Crippen LogP contribution in [-0.4, -0.2) is 35.2 Å². The third-order valence-electron chi connectivity index (χ3n) is 1.78. The quantitative estimate of drug-likeness (QED) is 0.671. The van der Waals surface area contributed by atoms with Crippen molar-refractivity contribution in [3.8, 4) is 0 Å². The molecular formula is C9H17ClN2O2. The molecule has 0 aromatic heterocycles. The smallest absolute Gasteiger partial charge is 0.240 e. The van der Waals surface area contributed by atoms with Gasteiger partial charge in [0.25, 0.3) is 0 Å². The molecule has 5 heteroatoms. The molecule has 0 rings (SSSR count). The van der Waals surface area contributed by atoms with Crippen LogP contribution < -0.4 is 5.73 Å². The number of amides is 2. The van der Waals surface area contributed by atoms with Crippen LogP contribution in [0.15, 0.2) is 0 Å². The summed E-state index contributed by atoms with van der Waals surface area (Å²) in [6.07, 6.45) is 1.81. The monoisotopic (exact) mass is 220 g/mol. The van der Waals surface area contributed by atoms with E-state index in [0.717, 1.165) is 12.8 Å². The fraction of sp³-hybridized carbons (Fsp3) is 0.778. The van der Waals surface area contributed by atoms with Crippen molar-refractivity contribution in [3.63, 3.8) is 0 Å². The molecule has 0 bridgehead atoms. The van der Waals surface area contributed by atoms with Gasteiger partial charge in [0, 0.05) is 6.54 Å². The van der Waals surface area contributed by atoms with Gasteiger partial charge in [0.1, 0.15) is 5.38 Å². The molecule has 1 atom stereocenters. The topological polar surface area (TPSA) is 63.4 Å². The number of rotatable bonds is 6. The standard InChI is InChI=1S/C9H17ClN2O2/c1-3-4-5-12(6-8(11)13)9(14)7(2)10/h7H,3-6H2,1-2H3,(H2,11,13). The van der Waals surface area contributed by atoms with Crippen molar-refractivity contribution < 1.29 is 9.59 Å². The van der Waals surface area contributed by atoms with Crippen molar-refractivity contribution in [1.29, 1.82) is 0 Å². The van der Waals surface area contributed by atoms with Crippen molar-refractivity contribution in [2.45, 2.75) is 32.1 Å². The lowest BCUT2D eigenvalue weighted by Gasteiger charge is -2.21. The van der Waals surface area contributed by atoms with Gasteiger partial charge in [0.2, 0.25) is 11.8 Å². The highest BCUT2D eigenvalue weighted by Gasteiger charge is 2.19. The van der Waals surface area contributed by atoms with Gasteiger partial charge in [0.15, 0.2) is 0 Å². The lowest BCUT2D eigenvalue weighted by atomic mass is 10.3. The zero-order chi connectivity index (χ0) is 11.1. The molecule has 2 amide bonds. The lowest BCUT2D eigenvalue weighted by Crippen LogP contribution is -2.42. The molecule has 0 fully saturated rings. The van der Waals surface area contributed by atoms with Gasteiger partial charge in [-0.3, -0.25) is 9.59 Å². The average molecular weight is 221 g/mol. The van der Waals surface area contributed by atoms with Crippen molar-refractivity contribution in [3.05, 3.63) is 0 Å². The number of carbonyl (C=O) groups excluding carboxylic acids is 2. The number of primary amides is 1. The van der Waals surface area contributed by atoms with Gasteiger partial charge in [0.05, 0.1) is 6.54 Å². The van der Waals surface area contributed by atoms with Gasteiger partial charge in [-0.15, -0.1) is 11.6 Å². The Balaban J connectivity index is 4.22. The Kier molecular flexibility index (Phi) is 6.28. The summed E-state index contributed by atoms with van der Waals surface area (Å²) in [5.74, 6) is -0.745. The Morgan fingerprint density at radius 2 is 2.07 bits per heavy atom. The van der Waals surface area contributed by atoms with Crippen LogP contribution >= 0.6 is 11.6 Å². The zero-order valence-corrected chi connectivity index (χ0v) is 9.38. The van der Waals surface area contributed by atoms with E-state index in [4.69, 9.17) is 17.3 Å². The molecular weight excluding hydrogens is 204 g/mol. The van der Waals surface area contributed by atoms with Gasteiger partial charge in [-0.1, -0.05) is 13.3 Å². The van der Waals surface area contributed by atoms with E-state index >= 15 is 0 Å². The number of carbonyl (C=O) groups is 2. The van der Waals surface area contributed by atoms with Crippen molar-refractivity contribution in [1.82, 2.24) is 4.90 Å². The Hall–Kier alpha value is -0.770. The van der Waals surface area contributed by atoms with Gasteiger partial charge in [-0.25, -0.2) is 0 Å². The van der Waals surface area contributed by atoms with E-state index in [2.05, 4.69) is 0 Å². The molecule has 2 N–H and O–H groups in total. The molecule has 0 saturated heterocycles. The minimum atomic E-state index is -0.605. The number of hydrogen-bond donors (Lipinski definition) is 1. The first kappa shape index (κ1) is 13.2. The molecule has 0 heterocycles. The van der Waals surface area contributed by atoms with E-state index < -0.39 is 11.3 Å². The Bertz CT molecular complexity index is 207. The van der Waals surface area contributed by atoms with Crippen LogP contribution in [0.25, 0.3) is 0 Å². The van der Waals surface area contributed by atoms with Gasteiger partial charge in [-0.05, 0) is 13.3 Å². The van der Waals surface area contributed by atoms with E-state index in [1.54, 1.807) is 6.92 Å². The highest BCUT2D eigenvalue weighted by atomic mass is 35.5. The highest BCUT2D eigenvalue weighted by molar-refractivity contribution is 6.30. The zero-order valence-electron chi connectivity index (χ0n) is 8.62. The molecule has 14 heavy (non-hydrogen) atoms. The van der Waals surface area contributed by atoms with Crippen molar-refractivity contribution >= 4 is 23.4 Å². The second-order valence-electron chi connectivity index (χ2n) is 3.20. The number of hydrogen-bond acceptors (Lipinski definition) is 2. The molecule has 0 radical (unpaired) electrons. The largest absolute Gasteiger partial charge is 0.368 e. The Labute approximate surface area is 89.4 Å². The molecule has 0 aromatic rings. The summed E-state index contributed by atoms with van der Waals surface area (Å²) in [5, 5.41) is -0.605. The Morgan fingerprint density at radius 3 is 2.43 bits per heavy atom. The maximum Gasteiger partial charge on any atom is 0.240 e. The highest BCUT2D eigenvalue weighted by Crippen LogP contribution is 2.03. The van der Waals surface area contributed by atoms with Crippen LogP contribution in [0.3, 0.4) is 0 Å². The van der Waals surface area contributed by atoms with E-state index in [0.29, 0.717) is 6.54 Å². The third kappa shape index (κ3) is 5.07. The fourth-order valence-electron chi connectivity index (χ4n) is 1.06. The summed E-state index contributed by atoms with van der Waals surface area (Å²) in [7, 11) is 0. The van der Waals surface area contributed by atoms with Gasteiger partial charge >= 0.3 is 0 Å². The van der Waals surface area contributed by atoms with Crippen LogP contribution in [0.5, 0.6) is 0 Å². The maximum atomic E-state index is 11.5. The van der Waals surface area contributed by atoms with E-state index in [1.807, 2.05) is 6.92 Å². The summed E-state index contributed by atoms with van der Waals surface area (Å²) in [5.41, 5.74) is 5.03. The second kappa shape index (κ2) is 6.65. The third-order valence-corrected chi connectivity index (χ3v) is 1.97. The van der Waals surface area contributed by atoms with Crippen molar-refractivity contribution in [2.75, 3.05) is 13.1 Å². The molecule has 4 nitrogen and oxygen atoms in total. The lowest BCUT2D eigenvalue weighted by molar-refractivity contribution is -0.134. The molecule has 82 valence electrons. The second-order valence-corrected chi connectivity index (χ2v) is 3.85. The van der Waals surface area contributed by atoms with Crippen LogP contribution in [0.4, 0.5) is 0 Å². The summed E-state index contributed by atoms with van der Waals surface area (Å²) >= 11 is 5.64. The molecule has 0 saturated carbocycles. The molecule has 0 aliphatic heterocycles. The van der Waals surface area contributed by atoms with E-state index in [-0.39, 0.29) is 12.5 Å². The first-order valence-corrected chi connectivity index (χ1v) is 5.13. The first-order valence-electron chi connectivity index (χ1n) is 4.70. The molecule has 0 aromatic carbocycles. The molecule has 0 aliphatic rings. The van der Waals surface area contributed by atoms with Crippen LogP contribution in [0.2, 0.25) is 0 Å². The van der Waals surface area contributed by atoms with Crippen molar-refractivity contribution in [2.24, 2.45) is 5.73 Å². The van der Waals surface area contributed by atoms with Crippen LogP contribution in [0, 0.1) is 0 Å². The molecule has 1 unspecified atom stereocenters. The number of halogens is 1. The van der Waals surface area contributed by atoms with Crippen LogP contribution in [0.1, 0.15) is 26.7 Å².